The summed E-state index contributed by atoms with van der Waals surface area (Å²) in [5.74, 6) is 0.374. The number of hydrogen-bond donors (Lipinski definition) is 1. The smallest absolute Gasteiger partial charge is 0.0690 e. The summed E-state index contributed by atoms with van der Waals surface area (Å²) in [6, 6.07) is 22.9. The van der Waals surface area contributed by atoms with E-state index in [0.717, 1.165) is 11.1 Å². The molecule has 128 valence electrons. The summed E-state index contributed by atoms with van der Waals surface area (Å²) in [5, 5.41) is 11.3. The lowest BCUT2D eigenvalue weighted by Gasteiger charge is -2.18. The summed E-state index contributed by atoms with van der Waals surface area (Å²) >= 11 is 0. The summed E-state index contributed by atoms with van der Waals surface area (Å²) in [4.78, 5) is 0. The molecule has 3 aromatic rings. The average Bonchev–Trinajstić information content (AvgIpc) is 2.92. The van der Waals surface area contributed by atoms with Crippen LogP contribution in [0.15, 0.2) is 84.0 Å². The van der Waals surface area contributed by atoms with Gasteiger partial charge in [0.15, 0.2) is 0 Å². The van der Waals surface area contributed by atoms with Gasteiger partial charge in [0.1, 0.15) is 0 Å². The third-order valence-corrected chi connectivity index (χ3v) is 5.46. The Bertz CT molecular complexity index is 1070. The van der Waals surface area contributed by atoms with Crippen LogP contribution in [0.2, 0.25) is 0 Å². The SMILES string of the molecule is CC1=CC(C)C(c2cc3ccccc3cc2C(=N)c2ccccc2)=C1C. The van der Waals surface area contributed by atoms with Crippen LogP contribution in [0.3, 0.4) is 0 Å². The minimum Gasteiger partial charge on any atom is -0.300 e. The standard InChI is InChI=1S/C25H23N/c1-16-13-17(2)24(18(16)3)22-14-20-11-7-8-12-21(20)15-23(22)25(26)19-9-5-4-6-10-19/h4-15,17,26H,1-3H3. The molecular weight excluding hydrogens is 314 g/mol. The number of fused-ring (bicyclic) bond motifs is 1. The Morgan fingerprint density at radius 3 is 2.08 bits per heavy atom. The van der Waals surface area contributed by atoms with Gasteiger partial charge >= 0.3 is 0 Å². The Hall–Kier alpha value is -2.93. The molecule has 0 bridgehead atoms. The van der Waals surface area contributed by atoms with Crippen molar-refractivity contribution in [1.29, 1.82) is 5.41 Å². The molecular formula is C25H23N. The summed E-state index contributed by atoms with van der Waals surface area (Å²) in [5.41, 5.74) is 7.78. The van der Waals surface area contributed by atoms with E-state index in [1.807, 2.05) is 30.3 Å². The predicted octanol–water partition coefficient (Wildman–Crippen LogP) is 6.63. The molecule has 0 aliphatic heterocycles. The fourth-order valence-corrected chi connectivity index (χ4v) is 4.01. The number of rotatable bonds is 3. The summed E-state index contributed by atoms with van der Waals surface area (Å²) in [7, 11) is 0. The van der Waals surface area contributed by atoms with E-state index < -0.39 is 0 Å². The van der Waals surface area contributed by atoms with E-state index >= 15 is 0 Å². The first kappa shape index (κ1) is 16.5. The van der Waals surface area contributed by atoms with Gasteiger partial charge in [0.05, 0.1) is 5.71 Å². The van der Waals surface area contributed by atoms with Gasteiger partial charge < -0.3 is 0 Å². The van der Waals surface area contributed by atoms with Crippen molar-refractivity contribution in [2.45, 2.75) is 20.8 Å². The largest absolute Gasteiger partial charge is 0.300 e. The molecule has 1 aliphatic carbocycles. The molecule has 1 heteroatoms. The molecule has 0 saturated carbocycles. The second-order valence-electron chi connectivity index (χ2n) is 7.16. The maximum atomic E-state index is 8.89. The number of hydrogen-bond acceptors (Lipinski definition) is 1. The van der Waals surface area contributed by atoms with Crippen molar-refractivity contribution in [3.8, 4) is 0 Å². The highest BCUT2D eigenvalue weighted by Crippen LogP contribution is 2.40. The molecule has 1 aliphatic rings. The van der Waals surface area contributed by atoms with Crippen LogP contribution in [0.1, 0.15) is 37.5 Å². The monoisotopic (exact) mass is 337 g/mol. The molecule has 1 atom stereocenters. The number of allylic oxidation sites excluding steroid dienone is 4. The highest BCUT2D eigenvalue weighted by atomic mass is 14.4. The maximum Gasteiger partial charge on any atom is 0.0690 e. The van der Waals surface area contributed by atoms with Crippen LogP contribution in [-0.4, -0.2) is 5.71 Å². The first-order valence-electron chi connectivity index (χ1n) is 9.13. The number of nitrogens with one attached hydrogen (secondary N) is 1. The molecule has 0 heterocycles. The molecule has 0 amide bonds. The normalized spacial score (nSPS) is 16.9. The number of benzene rings is 3. The molecule has 0 spiro atoms. The average molecular weight is 337 g/mol. The van der Waals surface area contributed by atoms with E-state index in [1.165, 1.54) is 33.1 Å². The van der Waals surface area contributed by atoms with Gasteiger partial charge in [-0.3, -0.25) is 5.41 Å². The second kappa shape index (κ2) is 6.42. The summed E-state index contributed by atoms with van der Waals surface area (Å²) in [6.07, 6.45) is 2.33. The molecule has 0 radical (unpaired) electrons. The van der Waals surface area contributed by atoms with Crippen LogP contribution < -0.4 is 0 Å². The Kier molecular flexibility index (Phi) is 4.08. The third-order valence-electron chi connectivity index (χ3n) is 5.46. The predicted molar refractivity (Wildman–Crippen MR) is 112 cm³/mol. The Labute approximate surface area is 155 Å². The zero-order chi connectivity index (χ0) is 18.3. The molecule has 3 aromatic carbocycles. The Morgan fingerprint density at radius 2 is 1.46 bits per heavy atom. The minimum atomic E-state index is 0.374. The molecule has 1 unspecified atom stereocenters. The van der Waals surface area contributed by atoms with Gasteiger partial charge in [0.25, 0.3) is 0 Å². The van der Waals surface area contributed by atoms with Crippen LogP contribution in [0.5, 0.6) is 0 Å². The van der Waals surface area contributed by atoms with Crippen molar-refractivity contribution in [2.75, 3.05) is 0 Å². The highest BCUT2D eigenvalue weighted by Gasteiger charge is 2.23. The molecule has 0 saturated heterocycles. The minimum absolute atomic E-state index is 0.374. The van der Waals surface area contributed by atoms with Crippen LogP contribution in [0.4, 0.5) is 0 Å². The van der Waals surface area contributed by atoms with E-state index in [2.05, 4.69) is 63.2 Å². The Morgan fingerprint density at radius 1 is 0.846 bits per heavy atom. The van der Waals surface area contributed by atoms with Crippen LogP contribution in [-0.2, 0) is 0 Å². The Balaban J connectivity index is 1.98. The van der Waals surface area contributed by atoms with Crippen molar-refractivity contribution >= 4 is 22.1 Å². The first-order chi connectivity index (χ1) is 12.6. The van der Waals surface area contributed by atoms with E-state index in [0.29, 0.717) is 11.6 Å². The van der Waals surface area contributed by atoms with Gasteiger partial charge in [-0.1, -0.05) is 73.2 Å². The third kappa shape index (κ3) is 2.70. The van der Waals surface area contributed by atoms with E-state index in [4.69, 9.17) is 5.41 Å². The zero-order valence-electron chi connectivity index (χ0n) is 15.5. The molecule has 1 nitrogen and oxygen atoms in total. The fourth-order valence-electron chi connectivity index (χ4n) is 4.01. The van der Waals surface area contributed by atoms with Crippen LogP contribution in [0.25, 0.3) is 16.3 Å². The lowest BCUT2D eigenvalue weighted by molar-refractivity contribution is 0.975. The molecule has 4 rings (SSSR count). The molecule has 1 N–H and O–H groups in total. The first-order valence-corrected chi connectivity index (χ1v) is 9.13. The van der Waals surface area contributed by atoms with Crippen molar-refractivity contribution in [3.05, 3.63) is 101 Å². The fraction of sp³-hybridized carbons (Fsp3) is 0.160. The maximum absolute atomic E-state index is 8.89. The second-order valence-corrected chi connectivity index (χ2v) is 7.16. The lowest BCUT2D eigenvalue weighted by Crippen LogP contribution is -2.07. The summed E-state index contributed by atoms with van der Waals surface area (Å²) < 4.78 is 0. The van der Waals surface area contributed by atoms with Crippen molar-refractivity contribution in [3.63, 3.8) is 0 Å². The van der Waals surface area contributed by atoms with Gasteiger partial charge in [0, 0.05) is 17.0 Å². The lowest BCUT2D eigenvalue weighted by atomic mass is 9.86. The van der Waals surface area contributed by atoms with E-state index in [1.54, 1.807) is 0 Å². The zero-order valence-corrected chi connectivity index (χ0v) is 15.5. The van der Waals surface area contributed by atoms with Gasteiger partial charge in [-0.05, 0) is 53.5 Å². The molecule has 0 fully saturated rings. The molecule has 0 aromatic heterocycles. The topological polar surface area (TPSA) is 23.9 Å². The van der Waals surface area contributed by atoms with E-state index in [9.17, 15) is 0 Å². The highest BCUT2D eigenvalue weighted by molar-refractivity contribution is 6.15. The van der Waals surface area contributed by atoms with Gasteiger partial charge in [-0.25, -0.2) is 0 Å². The van der Waals surface area contributed by atoms with Gasteiger partial charge in [-0.2, -0.15) is 0 Å². The quantitative estimate of drug-likeness (QED) is 0.519. The van der Waals surface area contributed by atoms with Crippen molar-refractivity contribution < 1.29 is 0 Å². The molecule has 26 heavy (non-hydrogen) atoms. The van der Waals surface area contributed by atoms with Crippen LogP contribution >= 0.6 is 0 Å². The van der Waals surface area contributed by atoms with E-state index in [-0.39, 0.29) is 0 Å². The summed E-state index contributed by atoms with van der Waals surface area (Å²) in [6.45, 7) is 6.64. The van der Waals surface area contributed by atoms with Crippen molar-refractivity contribution in [2.24, 2.45) is 5.92 Å². The van der Waals surface area contributed by atoms with Crippen molar-refractivity contribution in [1.82, 2.24) is 0 Å². The van der Waals surface area contributed by atoms with Gasteiger partial charge in [0.2, 0.25) is 0 Å². The van der Waals surface area contributed by atoms with Gasteiger partial charge in [-0.15, -0.1) is 0 Å². The van der Waals surface area contributed by atoms with Crippen LogP contribution in [0, 0.1) is 11.3 Å².